The fourth-order valence-electron chi connectivity index (χ4n) is 1.70. The van der Waals surface area contributed by atoms with Gasteiger partial charge in [0.15, 0.2) is 5.12 Å². The summed E-state index contributed by atoms with van der Waals surface area (Å²) in [6.07, 6.45) is 0.608. The molecule has 0 aliphatic heterocycles. The molecule has 88 valence electrons. The lowest BCUT2D eigenvalue weighted by molar-refractivity contribution is -0.144. The maximum Gasteiger partial charge on any atom is 0.322 e. The highest BCUT2D eigenvalue weighted by Crippen LogP contribution is 2.38. The number of rotatable bonds is 3. The van der Waals surface area contributed by atoms with Crippen LogP contribution in [0.1, 0.15) is 41.0 Å². The van der Waals surface area contributed by atoms with E-state index in [0.29, 0.717) is 6.42 Å². The quantitative estimate of drug-likeness (QED) is 0.702. The van der Waals surface area contributed by atoms with Crippen molar-refractivity contribution in [1.82, 2.24) is 0 Å². The number of hydrogen-bond donors (Lipinski definition) is 0. The summed E-state index contributed by atoms with van der Waals surface area (Å²) in [5.41, 5.74) is -0.0224. The molecule has 0 spiro atoms. The Hall–Kier alpha value is -0.510. The zero-order chi connectivity index (χ0) is 12.3. The predicted molar refractivity (Wildman–Crippen MR) is 62.8 cm³/mol. The van der Waals surface area contributed by atoms with Crippen molar-refractivity contribution >= 4 is 22.8 Å². The van der Waals surface area contributed by atoms with Crippen LogP contribution in [0, 0.1) is 5.41 Å². The minimum atomic E-state index is -0.779. The minimum absolute atomic E-state index is 0.0224. The molecule has 0 saturated heterocycles. The number of carbonyl (C=O) groups is 2. The van der Waals surface area contributed by atoms with E-state index in [0.717, 1.165) is 11.8 Å². The molecule has 3 nitrogen and oxygen atoms in total. The highest BCUT2D eigenvalue weighted by molar-refractivity contribution is 8.15. The lowest BCUT2D eigenvalue weighted by Gasteiger charge is -2.31. The first-order valence-corrected chi connectivity index (χ1v) is 5.70. The minimum Gasteiger partial charge on any atom is -0.468 e. The van der Waals surface area contributed by atoms with Gasteiger partial charge in [-0.25, -0.2) is 0 Å². The van der Waals surface area contributed by atoms with Crippen molar-refractivity contribution in [1.29, 1.82) is 0 Å². The molecule has 0 fully saturated rings. The average Bonchev–Trinajstić information content (AvgIpc) is 1.97. The summed E-state index contributed by atoms with van der Waals surface area (Å²) in [7, 11) is 1.35. The molecule has 0 aromatic heterocycles. The molecule has 0 N–H and O–H groups in total. The van der Waals surface area contributed by atoms with Gasteiger partial charge < -0.3 is 4.74 Å². The maximum absolute atomic E-state index is 11.7. The van der Waals surface area contributed by atoms with Crippen molar-refractivity contribution in [2.75, 3.05) is 7.11 Å². The van der Waals surface area contributed by atoms with E-state index in [4.69, 9.17) is 4.74 Å². The number of hydrogen-bond acceptors (Lipinski definition) is 4. The van der Waals surface area contributed by atoms with Gasteiger partial charge in [0.05, 0.1) is 7.11 Å². The zero-order valence-corrected chi connectivity index (χ0v) is 11.2. The highest BCUT2D eigenvalue weighted by Gasteiger charge is 2.40. The smallest absolute Gasteiger partial charge is 0.322 e. The van der Waals surface area contributed by atoms with Crippen molar-refractivity contribution in [2.24, 2.45) is 5.41 Å². The van der Waals surface area contributed by atoms with Crippen LogP contribution in [-0.4, -0.2) is 22.9 Å². The van der Waals surface area contributed by atoms with E-state index >= 15 is 0 Å². The first kappa shape index (κ1) is 14.5. The van der Waals surface area contributed by atoms with E-state index in [-0.39, 0.29) is 16.5 Å². The first-order valence-electron chi connectivity index (χ1n) is 4.89. The molecule has 0 heterocycles. The molecule has 0 aromatic rings. The molecule has 0 unspecified atom stereocenters. The fraction of sp³-hybridized carbons (Fsp3) is 0.818. The Morgan fingerprint density at radius 2 is 1.67 bits per heavy atom. The molecule has 0 saturated carbocycles. The third kappa shape index (κ3) is 5.21. The fourth-order valence-corrected chi connectivity index (χ4v) is 3.00. The van der Waals surface area contributed by atoms with Gasteiger partial charge in [0.1, 0.15) is 4.75 Å². The maximum atomic E-state index is 11.7. The standard InChI is InChI=1S/C11H20O3S/c1-8(12)15-11(5,9(13)14-6)7-10(2,3)4/h7H2,1-6H3/t11-/m1/s1. The van der Waals surface area contributed by atoms with Crippen molar-refractivity contribution in [3.8, 4) is 0 Å². The Morgan fingerprint density at radius 3 is 1.93 bits per heavy atom. The molecular formula is C11H20O3S. The van der Waals surface area contributed by atoms with Gasteiger partial charge in [-0.15, -0.1) is 0 Å². The lowest BCUT2D eigenvalue weighted by atomic mass is 9.85. The number of carbonyl (C=O) groups excluding carboxylic acids is 2. The van der Waals surface area contributed by atoms with Crippen LogP contribution < -0.4 is 0 Å². The van der Waals surface area contributed by atoms with Crippen LogP contribution in [0.15, 0.2) is 0 Å². The number of methoxy groups -OCH3 is 1. The Balaban J connectivity index is 4.86. The largest absolute Gasteiger partial charge is 0.468 e. The van der Waals surface area contributed by atoms with Gasteiger partial charge in [0.2, 0.25) is 0 Å². The van der Waals surface area contributed by atoms with E-state index in [1.807, 2.05) is 20.8 Å². The third-order valence-electron chi connectivity index (χ3n) is 1.85. The van der Waals surface area contributed by atoms with Crippen molar-refractivity contribution < 1.29 is 14.3 Å². The Kier molecular flexibility index (Phi) is 4.84. The van der Waals surface area contributed by atoms with Crippen LogP contribution in [0.2, 0.25) is 0 Å². The summed E-state index contributed by atoms with van der Waals surface area (Å²) in [4.78, 5) is 22.8. The zero-order valence-electron chi connectivity index (χ0n) is 10.3. The van der Waals surface area contributed by atoms with E-state index < -0.39 is 4.75 Å². The average molecular weight is 232 g/mol. The van der Waals surface area contributed by atoms with Crippen LogP contribution >= 0.6 is 11.8 Å². The van der Waals surface area contributed by atoms with Crippen molar-refractivity contribution in [3.63, 3.8) is 0 Å². The molecule has 0 amide bonds. The predicted octanol–water partition coefficient (Wildman–Crippen LogP) is 2.63. The number of esters is 1. The van der Waals surface area contributed by atoms with Crippen LogP contribution in [0.25, 0.3) is 0 Å². The molecule has 1 atom stereocenters. The summed E-state index contributed by atoms with van der Waals surface area (Å²) in [5, 5.41) is -0.0628. The molecular weight excluding hydrogens is 212 g/mol. The second kappa shape index (κ2) is 5.01. The van der Waals surface area contributed by atoms with Crippen LogP contribution in [-0.2, 0) is 14.3 Å². The summed E-state index contributed by atoms with van der Waals surface area (Å²) < 4.78 is 3.97. The summed E-state index contributed by atoms with van der Waals surface area (Å²) in [6, 6.07) is 0. The topological polar surface area (TPSA) is 43.4 Å². The Morgan fingerprint density at radius 1 is 1.20 bits per heavy atom. The summed E-state index contributed by atoms with van der Waals surface area (Å²) in [5.74, 6) is -0.336. The number of thioether (sulfide) groups is 1. The molecule has 4 heteroatoms. The molecule has 0 aliphatic carbocycles. The highest BCUT2D eigenvalue weighted by atomic mass is 32.2. The summed E-state index contributed by atoms with van der Waals surface area (Å²) >= 11 is 1.05. The first-order chi connectivity index (χ1) is 6.60. The van der Waals surface area contributed by atoms with Gasteiger partial charge in [-0.3, -0.25) is 9.59 Å². The molecule has 0 bridgehead atoms. The molecule has 0 aromatic carbocycles. The van der Waals surface area contributed by atoms with Crippen LogP contribution in [0.5, 0.6) is 0 Å². The van der Waals surface area contributed by atoms with E-state index in [1.54, 1.807) is 6.92 Å². The van der Waals surface area contributed by atoms with Crippen molar-refractivity contribution in [3.05, 3.63) is 0 Å². The summed E-state index contributed by atoms with van der Waals surface area (Å²) in [6.45, 7) is 9.34. The Bertz CT molecular complexity index is 255. The Labute approximate surface area is 95.9 Å². The van der Waals surface area contributed by atoms with E-state index in [1.165, 1.54) is 14.0 Å². The second-order valence-corrected chi connectivity index (χ2v) is 6.73. The monoisotopic (exact) mass is 232 g/mol. The molecule has 15 heavy (non-hydrogen) atoms. The van der Waals surface area contributed by atoms with Gasteiger partial charge in [-0.1, -0.05) is 32.5 Å². The molecule has 0 rings (SSSR count). The third-order valence-corrected chi connectivity index (χ3v) is 2.90. The molecule has 0 aliphatic rings. The van der Waals surface area contributed by atoms with Gasteiger partial charge in [-0.2, -0.15) is 0 Å². The normalized spacial score (nSPS) is 15.6. The van der Waals surface area contributed by atoms with Gasteiger partial charge in [0, 0.05) is 6.92 Å². The number of ether oxygens (including phenoxy) is 1. The van der Waals surface area contributed by atoms with E-state index in [2.05, 4.69) is 0 Å². The van der Waals surface area contributed by atoms with Crippen molar-refractivity contribution in [2.45, 2.75) is 45.8 Å². The lowest BCUT2D eigenvalue weighted by Crippen LogP contribution is -2.37. The van der Waals surface area contributed by atoms with Gasteiger partial charge in [0.25, 0.3) is 0 Å². The van der Waals surface area contributed by atoms with Gasteiger partial charge in [-0.05, 0) is 18.8 Å². The van der Waals surface area contributed by atoms with Crippen LogP contribution in [0.4, 0.5) is 0 Å². The molecule has 0 radical (unpaired) electrons. The van der Waals surface area contributed by atoms with Crippen LogP contribution in [0.3, 0.4) is 0 Å². The SMILES string of the molecule is COC(=O)[C@@](C)(CC(C)(C)C)SC(C)=O. The second-order valence-electron chi connectivity index (χ2n) is 5.05. The van der Waals surface area contributed by atoms with E-state index in [9.17, 15) is 9.59 Å². The van der Waals surface area contributed by atoms with Gasteiger partial charge >= 0.3 is 5.97 Å².